The minimum absolute atomic E-state index is 0.176. The fourth-order valence-corrected chi connectivity index (χ4v) is 3.16. The van der Waals surface area contributed by atoms with Crippen molar-refractivity contribution in [3.8, 4) is 11.5 Å². The average molecular weight is 386 g/mol. The van der Waals surface area contributed by atoms with E-state index in [0.29, 0.717) is 29.2 Å². The second-order valence-electron chi connectivity index (χ2n) is 6.68. The van der Waals surface area contributed by atoms with Crippen molar-refractivity contribution in [2.24, 2.45) is 0 Å². The van der Waals surface area contributed by atoms with Crippen LogP contribution in [0.15, 0.2) is 78.6 Å². The summed E-state index contributed by atoms with van der Waals surface area (Å²) >= 11 is 0. The number of halogens is 1. The van der Waals surface area contributed by atoms with E-state index in [-0.39, 0.29) is 17.4 Å². The summed E-state index contributed by atoms with van der Waals surface area (Å²) in [6, 6.07) is 19.5. The lowest BCUT2D eigenvalue weighted by atomic mass is 10.1. The van der Waals surface area contributed by atoms with Crippen LogP contribution in [0.5, 0.6) is 11.5 Å². The molecule has 0 saturated carbocycles. The predicted octanol–water partition coefficient (Wildman–Crippen LogP) is 5.84. The number of carbonyl (C=O) groups is 1. The van der Waals surface area contributed by atoms with Crippen LogP contribution in [0.3, 0.4) is 0 Å². The van der Waals surface area contributed by atoms with Gasteiger partial charge in [-0.05, 0) is 54.5 Å². The Morgan fingerprint density at radius 1 is 1.00 bits per heavy atom. The summed E-state index contributed by atoms with van der Waals surface area (Å²) in [6.45, 7) is 2.25. The molecule has 3 aromatic carbocycles. The van der Waals surface area contributed by atoms with E-state index in [9.17, 15) is 9.18 Å². The maximum absolute atomic E-state index is 13.4. The molecule has 0 spiro atoms. The van der Waals surface area contributed by atoms with Gasteiger partial charge in [-0.25, -0.2) is 4.39 Å². The molecule has 1 aliphatic heterocycles. The summed E-state index contributed by atoms with van der Waals surface area (Å²) in [5, 5.41) is 0. The van der Waals surface area contributed by atoms with Crippen LogP contribution in [-0.4, -0.2) is 12.4 Å². The monoisotopic (exact) mass is 386 g/mol. The van der Waals surface area contributed by atoms with Crippen molar-refractivity contribution < 1.29 is 18.7 Å². The van der Waals surface area contributed by atoms with E-state index in [1.54, 1.807) is 30.3 Å². The quantitative estimate of drug-likeness (QED) is 0.517. The van der Waals surface area contributed by atoms with Crippen molar-refractivity contribution in [2.45, 2.75) is 6.92 Å². The third-order valence-corrected chi connectivity index (χ3v) is 4.63. The lowest BCUT2D eigenvalue weighted by Gasteiger charge is -2.10. The highest BCUT2D eigenvalue weighted by molar-refractivity contribution is 6.14. The molecule has 0 unspecified atom stereocenters. The van der Waals surface area contributed by atoms with E-state index in [2.05, 4.69) is 0 Å². The Labute approximate surface area is 168 Å². The number of benzene rings is 3. The molecule has 0 saturated heterocycles. The Morgan fingerprint density at radius 3 is 2.59 bits per heavy atom. The largest absolute Gasteiger partial charge is 0.489 e. The fourth-order valence-electron chi connectivity index (χ4n) is 3.16. The first-order valence-corrected chi connectivity index (χ1v) is 9.29. The van der Waals surface area contributed by atoms with Crippen LogP contribution in [0.2, 0.25) is 0 Å². The molecule has 1 aliphatic rings. The molecule has 0 aliphatic carbocycles. The zero-order valence-corrected chi connectivity index (χ0v) is 15.9. The molecule has 4 heteroatoms. The number of rotatable bonds is 5. The van der Waals surface area contributed by atoms with E-state index in [4.69, 9.17) is 9.47 Å². The Balaban J connectivity index is 1.50. The van der Waals surface area contributed by atoms with Crippen LogP contribution in [0.4, 0.5) is 4.39 Å². The SMILES string of the molecule is Cc1c(OC/C=C/c2ccccc2)ccc2c1O/C(=C\c1cccc(F)c1)C2=O. The minimum atomic E-state index is -0.363. The van der Waals surface area contributed by atoms with Crippen molar-refractivity contribution >= 4 is 17.9 Å². The maximum atomic E-state index is 13.4. The van der Waals surface area contributed by atoms with Crippen molar-refractivity contribution in [1.29, 1.82) is 0 Å². The topological polar surface area (TPSA) is 35.5 Å². The van der Waals surface area contributed by atoms with Gasteiger partial charge >= 0.3 is 0 Å². The molecule has 0 aromatic heterocycles. The molecule has 0 bridgehead atoms. The molecule has 3 aromatic rings. The number of ether oxygens (including phenoxy) is 2. The van der Waals surface area contributed by atoms with Crippen molar-refractivity contribution in [3.05, 3.63) is 107 Å². The molecule has 0 amide bonds. The average Bonchev–Trinajstić information content (AvgIpc) is 3.04. The minimum Gasteiger partial charge on any atom is -0.489 e. The van der Waals surface area contributed by atoms with E-state index < -0.39 is 0 Å². The highest BCUT2D eigenvalue weighted by Gasteiger charge is 2.30. The second kappa shape index (κ2) is 8.15. The third-order valence-electron chi connectivity index (χ3n) is 4.63. The van der Waals surface area contributed by atoms with Crippen molar-refractivity contribution in [2.75, 3.05) is 6.61 Å². The summed E-state index contributed by atoms with van der Waals surface area (Å²) in [4.78, 5) is 12.6. The van der Waals surface area contributed by atoms with E-state index >= 15 is 0 Å². The van der Waals surface area contributed by atoms with Gasteiger partial charge in [0.25, 0.3) is 0 Å². The Hall–Kier alpha value is -3.66. The molecule has 4 rings (SSSR count). The number of hydrogen-bond acceptors (Lipinski definition) is 3. The number of allylic oxidation sites excluding steroid dienone is 1. The molecule has 0 N–H and O–H groups in total. The highest BCUT2D eigenvalue weighted by atomic mass is 19.1. The third kappa shape index (κ3) is 4.11. The zero-order valence-electron chi connectivity index (χ0n) is 15.9. The summed E-state index contributed by atoms with van der Waals surface area (Å²) in [7, 11) is 0. The molecule has 29 heavy (non-hydrogen) atoms. The first kappa shape index (κ1) is 18.7. The number of fused-ring (bicyclic) bond motifs is 1. The van der Waals surface area contributed by atoms with Crippen LogP contribution in [0.25, 0.3) is 12.2 Å². The maximum Gasteiger partial charge on any atom is 0.231 e. The molecule has 0 atom stereocenters. The highest BCUT2D eigenvalue weighted by Crippen LogP contribution is 2.39. The first-order chi connectivity index (χ1) is 14.1. The first-order valence-electron chi connectivity index (χ1n) is 9.29. The van der Waals surface area contributed by atoms with Gasteiger partial charge in [0, 0.05) is 5.56 Å². The summed E-state index contributed by atoms with van der Waals surface area (Å²) in [5.41, 5.74) is 2.91. The second-order valence-corrected chi connectivity index (χ2v) is 6.68. The Morgan fingerprint density at radius 2 is 1.79 bits per heavy atom. The van der Waals surface area contributed by atoms with Gasteiger partial charge in [0.05, 0.1) is 5.56 Å². The predicted molar refractivity (Wildman–Crippen MR) is 111 cm³/mol. The number of ketones is 1. The molecule has 144 valence electrons. The van der Waals surface area contributed by atoms with Crippen LogP contribution in [0.1, 0.15) is 27.0 Å². The molecule has 3 nitrogen and oxygen atoms in total. The van der Waals surface area contributed by atoms with E-state index in [1.165, 1.54) is 12.1 Å². The van der Waals surface area contributed by atoms with Crippen molar-refractivity contribution in [1.82, 2.24) is 0 Å². The van der Waals surface area contributed by atoms with Gasteiger partial charge in [-0.15, -0.1) is 0 Å². The standard InChI is InChI=1S/C25H19FO3/c1-17-22(28-14-6-10-18-7-3-2-4-8-18)13-12-21-24(27)23(29-25(17)21)16-19-9-5-11-20(26)15-19/h2-13,15-16H,14H2,1H3/b10-6+,23-16-. The van der Waals surface area contributed by atoms with Crippen LogP contribution < -0.4 is 9.47 Å². The summed E-state index contributed by atoms with van der Waals surface area (Å²) in [5.74, 6) is 0.735. The van der Waals surface area contributed by atoms with Gasteiger partial charge in [0.15, 0.2) is 5.76 Å². The fraction of sp³-hybridized carbons (Fsp3) is 0.0800. The molecule has 0 radical (unpaired) electrons. The number of Topliss-reactive ketones (excluding diaryl/α,β-unsaturated/α-hetero) is 1. The van der Waals surface area contributed by atoms with Crippen LogP contribution in [0, 0.1) is 12.7 Å². The van der Waals surface area contributed by atoms with Crippen molar-refractivity contribution in [3.63, 3.8) is 0 Å². The zero-order chi connectivity index (χ0) is 20.2. The molecular formula is C25H19FO3. The van der Waals surface area contributed by atoms with Gasteiger partial charge in [0.2, 0.25) is 5.78 Å². The Kier molecular flexibility index (Phi) is 5.25. The summed E-state index contributed by atoms with van der Waals surface area (Å²) < 4.78 is 25.0. The Bertz CT molecular complexity index is 1110. The number of hydrogen-bond donors (Lipinski definition) is 0. The van der Waals surface area contributed by atoms with Gasteiger partial charge in [0.1, 0.15) is 23.9 Å². The lowest BCUT2D eigenvalue weighted by molar-refractivity contribution is 0.101. The lowest BCUT2D eigenvalue weighted by Crippen LogP contribution is -1.98. The van der Waals surface area contributed by atoms with E-state index in [1.807, 2.05) is 49.4 Å². The van der Waals surface area contributed by atoms with Gasteiger partial charge < -0.3 is 9.47 Å². The summed E-state index contributed by atoms with van der Waals surface area (Å²) in [6.07, 6.45) is 5.47. The molecule has 1 heterocycles. The molecular weight excluding hydrogens is 367 g/mol. The van der Waals surface area contributed by atoms with Gasteiger partial charge in [-0.2, -0.15) is 0 Å². The van der Waals surface area contributed by atoms with E-state index in [0.717, 1.165) is 11.1 Å². The van der Waals surface area contributed by atoms with Crippen LogP contribution >= 0.6 is 0 Å². The molecule has 0 fully saturated rings. The number of carbonyl (C=O) groups excluding carboxylic acids is 1. The van der Waals surface area contributed by atoms with Gasteiger partial charge in [-0.1, -0.05) is 48.5 Å². The normalized spacial score (nSPS) is 14.3. The van der Waals surface area contributed by atoms with Gasteiger partial charge in [-0.3, -0.25) is 4.79 Å². The smallest absolute Gasteiger partial charge is 0.231 e. The van der Waals surface area contributed by atoms with Crippen LogP contribution in [-0.2, 0) is 0 Å².